The summed E-state index contributed by atoms with van der Waals surface area (Å²) in [5, 5.41) is 15.1. The third kappa shape index (κ3) is 3.21. The first-order valence-electron chi connectivity index (χ1n) is 6.65. The number of halogens is 2. The first-order chi connectivity index (χ1) is 11.0. The van der Waals surface area contributed by atoms with Crippen molar-refractivity contribution in [2.45, 2.75) is 13.3 Å². The first-order valence-corrected chi connectivity index (χ1v) is 8.22. The maximum Gasteiger partial charge on any atom is 0.289 e. The molecule has 2 aromatic heterocycles. The number of nitro benzene ring substituents is 1. The fourth-order valence-electron chi connectivity index (χ4n) is 2.08. The molecule has 0 spiro atoms. The van der Waals surface area contributed by atoms with Gasteiger partial charge in [0.25, 0.3) is 5.69 Å². The van der Waals surface area contributed by atoms with Gasteiger partial charge in [0, 0.05) is 16.6 Å². The highest BCUT2D eigenvalue weighted by atomic mass is 35.5. The Bertz CT molecular complexity index is 913. The van der Waals surface area contributed by atoms with Crippen LogP contribution in [-0.4, -0.2) is 14.9 Å². The average Bonchev–Trinajstić information content (AvgIpc) is 2.92. The second-order valence-corrected chi connectivity index (χ2v) is 6.54. The Hall–Kier alpha value is -1.96. The molecule has 3 rings (SSSR count). The molecule has 0 saturated carbocycles. The maximum atomic E-state index is 11.0. The predicted octanol–water partition coefficient (Wildman–Crippen LogP) is 5.21. The number of fused-ring (bicyclic) bond motifs is 1. The third-order valence-corrected chi connectivity index (χ3v) is 4.83. The third-order valence-electron chi connectivity index (χ3n) is 3.17. The molecule has 0 aliphatic carbocycles. The monoisotopic (exact) mass is 368 g/mol. The summed E-state index contributed by atoms with van der Waals surface area (Å²) >= 11 is 13.3. The van der Waals surface area contributed by atoms with Gasteiger partial charge in [-0.05, 0) is 36.2 Å². The van der Waals surface area contributed by atoms with E-state index in [1.165, 1.54) is 12.1 Å². The first kappa shape index (κ1) is 15.9. The zero-order chi connectivity index (χ0) is 16.6. The van der Waals surface area contributed by atoms with Crippen molar-refractivity contribution in [2.24, 2.45) is 0 Å². The van der Waals surface area contributed by atoms with Crippen LogP contribution in [0.5, 0.6) is 0 Å². The summed E-state index contributed by atoms with van der Waals surface area (Å²) in [7, 11) is 0. The minimum absolute atomic E-state index is 0.0789. The van der Waals surface area contributed by atoms with Gasteiger partial charge in [-0.15, -0.1) is 11.3 Å². The molecule has 0 aliphatic heterocycles. The van der Waals surface area contributed by atoms with Crippen LogP contribution in [0.15, 0.2) is 24.3 Å². The number of hydrogen-bond acceptors (Lipinski definition) is 6. The molecule has 0 unspecified atom stereocenters. The van der Waals surface area contributed by atoms with Crippen LogP contribution in [0.2, 0.25) is 10.3 Å². The van der Waals surface area contributed by atoms with E-state index < -0.39 is 4.92 Å². The topological polar surface area (TPSA) is 81.0 Å². The lowest BCUT2D eigenvalue weighted by Gasteiger charge is -2.07. The van der Waals surface area contributed by atoms with Gasteiger partial charge < -0.3 is 5.32 Å². The van der Waals surface area contributed by atoms with Gasteiger partial charge >= 0.3 is 0 Å². The second-order valence-electron chi connectivity index (χ2n) is 4.67. The quantitative estimate of drug-likeness (QED) is 0.388. The average molecular weight is 369 g/mol. The molecule has 118 valence electrons. The van der Waals surface area contributed by atoms with E-state index >= 15 is 0 Å². The summed E-state index contributed by atoms with van der Waals surface area (Å²) in [6.45, 7) is 2.05. The zero-order valence-electron chi connectivity index (χ0n) is 11.8. The summed E-state index contributed by atoms with van der Waals surface area (Å²) < 4.78 is 0. The van der Waals surface area contributed by atoms with Crippen molar-refractivity contribution in [3.63, 3.8) is 0 Å². The Morgan fingerprint density at radius 1 is 1.30 bits per heavy atom. The predicted molar refractivity (Wildman–Crippen MR) is 93.2 cm³/mol. The molecule has 2 heterocycles. The molecule has 23 heavy (non-hydrogen) atoms. The molecule has 0 amide bonds. The molecule has 6 nitrogen and oxygen atoms in total. The van der Waals surface area contributed by atoms with Crippen LogP contribution in [0.3, 0.4) is 0 Å². The Labute approximate surface area is 145 Å². The minimum Gasteiger partial charge on any atom is -0.339 e. The van der Waals surface area contributed by atoms with Crippen LogP contribution in [0.4, 0.5) is 17.2 Å². The number of nitrogens with one attached hydrogen (secondary N) is 1. The van der Waals surface area contributed by atoms with E-state index in [0.717, 1.165) is 21.5 Å². The fraction of sp³-hybridized carbons (Fsp3) is 0.143. The number of hydrogen-bond donors (Lipinski definition) is 1. The molecule has 3 aromatic rings. The smallest absolute Gasteiger partial charge is 0.289 e. The lowest BCUT2D eigenvalue weighted by Crippen LogP contribution is -1.97. The van der Waals surface area contributed by atoms with Gasteiger partial charge in [0.1, 0.15) is 15.7 Å². The van der Waals surface area contributed by atoms with Crippen LogP contribution < -0.4 is 5.32 Å². The molecule has 0 aliphatic rings. The van der Waals surface area contributed by atoms with E-state index in [4.69, 9.17) is 23.2 Å². The van der Waals surface area contributed by atoms with Gasteiger partial charge in [-0.3, -0.25) is 10.1 Å². The molecule has 0 saturated heterocycles. The van der Waals surface area contributed by atoms with E-state index in [-0.39, 0.29) is 16.0 Å². The number of aryl methyl sites for hydroxylation is 1. The Morgan fingerprint density at radius 3 is 2.78 bits per heavy atom. The largest absolute Gasteiger partial charge is 0.339 e. The molecule has 1 N–H and O–H groups in total. The maximum absolute atomic E-state index is 11.0. The number of aromatic nitrogens is 2. The summed E-state index contributed by atoms with van der Waals surface area (Å²) in [5.74, 6) is 0.507. The van der Waals surface area contributed by atoms with E-state index in [0.29, 0.717) is 11.5 Å². The highest BCUT2D eigenvalue weighted by molar-refractivity contribution is 7.18. The lowest BCUT2D eigenvalue weighted by molar-refractivity contribution is -0.384. The molecule has 0 radical (unpaired) electrons. The van der Waals surface area contributed by atoms with Crippen molar-refractivity contribution in [3.05, 3.63) is 49.6 Å². The van der Waals surface area contributed by atoms with Crippen molar-refractivity contribution < 1.29 is 4.92 Å². The van der Waals surface area contributed by atoms with E-state index in [2.05, 4.69) is 22.2 Å². The number of anilines is 2. The van der Waals surface area contributed by atoms with Gasteiger partial charge in [0.05, 0.1) is 10.3 Å². The molecule has 1 aromatic carbocycles. The second kappa shape index (κ2) is 6.27. The molecule has 0 bridgehead atoms. The number of nitrogens with zero attached hydrogens (tertiary/aromatic N) is 3. The summed E-state index contributed by atoms with van der Waals surface area (Å²) in [5.41, 5.74) is 0.328. The molecule has 0 fully saturated rings. The van der Waals surface area contributed by atoms with Crippen LogP contribution >= 0.6 is 34.5 Å². The van der Waals surface area contributed by atoms with Crippen LogP contribution in [0, 0.1) is 10.1 Å². The van der Waals surface area contributed by atoms with Crippen molar-refractivity contribution in [1.29, 1.82) is 0 Å². The van der Waals surface area contributed by atoms with Crippen LogP contribution in [-0.2, 0) is 6.42 Å². The Morgan fingerprint density at radius 2 is 2.09 bits per heavy atom. The van der Waals surface area contributed by atoms with Crippen molar-refractivity contribution in [2.75, 3.05) is 5.32 Å². The Kier molecular flexibility index (Phi) is 4.34. The van der Waals surface area contributed by atoms with Crippen molar-refractivity contribution in [3.8, 4) is 0 Å². The van der Waals surface area contributed by atoms with Gasteiger partial charge in [0.2, 0.25) is 5.28 Å². The normalized spacial score (nSPS) is 10.9. The highest BCUT2D eigenvalue weighted by Gasteiger charge is 2.15. The molecular formula is C14H10Cl2N4O2S. The zero-order valence-corrected chi connectivity index (χ0v) is 14.2. The summed E-state index contributed by atoms with van der Waals surface area (Å²) in [6.07, 6.45) is 0.879. The SMILES string of the molecule is CCc1cc2c(Nc3ccc(Cl)c([N+](=O)[O-])c3)nc(Cl)nc2s1. The van der Waals surface area contributed by atoms with Gasteiger partial charge in [-0.2, -0.15) is 4.98 Å². The number of benzene rings is 1. The fourth-order valence-corrected chi connectivity index (χ4v) is 3.45. The van der Waals surface area contributed by atoms with E-state index in [1.807, 2.05) is 6.07 Å². The summed E-state index contributed by atoms with van der Waals surface area (Å²) in [6, 6.07) is 6.46. The number of nitro groups is 1. The molecule has 9 heteroatoms. The molecule has 0 atom stereocenters. The van der Waals surface area contributed by atoms with Crippen LogP contribution in [0.1, 0.15) is 11.8 Å². The minimum atomic E-state index is -0.532. The van der Waals surface area contributed by atoms with Gasteiger partial charge in [-0.1, -0.05) is 18.5 Å². The molecular weight excluding hydrogens is 359 g/mol. The summed E-state index contributed by atoms with van der Waals surface area (Å²) in [4.78, 5) is 20.8. The van der Waals surface area contributed by atoms with Crippen molar-refractivity contribution in [1.82, 2.24) is 9.97 Å². The number of thiophene rings is 1. The standard InChI is InChI=1S/C14H10Cl2N4O2S/c1-2-8-6-9-12(18-14(16)19-13(9)23-8)17-7-3-4-10(15)11(5-7)20(21)22/h3-6H,2H2,1H3,(H,17,18,19). The highest BCUT2D eigenvalue weighted by Crippen LogP contribution is 2.33. The van der Waals surface area contributed by atoms with E-state index in [1.54, 1.807) is 17.4 Å². The number of rotatable bonds is 4. The van der Waals surface area contributed by atoms with Crippen LogP contribution in [0.25, 0.3) is 10.2 Å². The van der Waals surface area contributed by atoms with E-state index in [9.17, 15) is 10.1 Å². The lowest BCUT2D eigenvalue weighted by atomic mass is 10.2. The van der Waals surface area contributed by atoms with Gasteiger partial charge in [0.15, 0.2) is 0 Å². The van der Waals surface area contributed by atoms with Gasteiger partial charge in [-0.25, -0.2) is 4.98 Å². The Balaban J connectivity index is 2.06. The van der Waals surface area contributed by atoms with Crippen molar-refractivity contribution >= 4 is 61.9 Å².